The van der Waals surface area contributed by atoms with Gasteiger partial charge >= 0.3 is 12.0 Å². The third kappa shape index (κ3) is 4.55. The van der Waals surface area contributed by atoms with Crippen LogP contribution in [0.2, 0.25) is 0 Å². The Balaban J connectivity index is 2.76. The molecule has 1 unspecified atom stereocenters. The van der Waals surface area contributed by atoms with Gasteiger partial charge in [-0.25, -0.2) is 4.79 Å². The van der Waals surface area contributed by atoms with Crippen LogP contribution in [0.1, 0.15) is 6.92 Å². The van der Waals surface area contributed by atoms with Crippen LogP contribution >= 0.6 is 0 Å². The first-order chi connectivity index (χ1) is 9.88. The van der Waals surface area contributed by atoms with Crippen molar-refractivity contribution < 1.29 is 24.2 Å². The van der Waals surface area contributed by atoms with Crippen LogP contribution in [0.15, 0.2) is 18.2 Å². The van der Waals surface area contributed by atoms with E-state index < -0.39 is 17.9 Å². The Morgan fingerprint density at radius 3 is 2.52 bits per heavy atom. The third-order valence-electron chi connectivity index (χ3n) is 2.97. The van der Waals surface area contributed by atoms with E-state index in [0.717, 1.165) is 0 Å². The number of carbonyl (C=O) groups is 2. The number of benzene rings is 1. The second-order valence-corrected chi connectivity index (χ2v) is 4.62. The second-order valence-electron chi connectivity index (χ2n) is 4.62. The number of nitrogens with one attached hydrogen (secondary N) is 1. The fourth-order valence-corrected chi connectivity index (χ4v) is 1.68. The van der Waals surface area contributed by atoms with Crippen LogP contribution in [0, 0.1) is 5.92 Å². The zero-order valence-electron chi connectivity index (χ0n) is 12.5. The molecule has 1 aromatic carbocycles. The van der Waals surface area contributed by atoms with Crippen LogP contribution in [0.4, 0.5) is 10.5 Å². The number of carboxylic acid groups (broad SMARTS) is 1. The number of amides is 2. The van der Waals surface area contributed by atoms with E-state index in [1.54, 1.807) is 25.1 Å². The van der Waals surface area contributed by atoms with E-state index in [2.05, 4.69) is 5.32 Å². The monoisotopic (exact) mass is 296 g/mol. The van der Waals surface area contributed by atoms with E-state index in [4.69, 9.17) is 14.6 Å². The first-order valence-corrected chi connectivity index (χ1v) is 6.36. The van der Waals surface area contributed by atoms with Gasteiger partial charge in [0.1, 0.15) is 11.5 Å². The molecule has 0 radical (unpaired) electrons. The Morgan fingerprint density at radius 2 is 2.00 bits per heavy atom. The number of urea groups is 1. The van der Waals surface area contributed by atoms with Gasteiger partial charge in [0.15, 0.2) is 0 Å². The zero-order chi connectivity index (χ0) is 16.0. The van der Waals surface area contributed by atoms with Crippen molar-refractivity contribution in [1.82, 2.24) is 4.90 Å². The number of methoxy groups -OCH3 is 2. The van der Waals surface area contributed by atoms with Crippen LogP contribution in [0.3, 0.4) is 0 Å². The molecule has 0 spiro atoms. The van der Waals surface area contributed by atoms with Crippen LogP contribution in [0.25, 0.3) is 0 Å². The summed E-state index contributed by atoms with van der Waals surface area (Å²) in [4.78, 5) is 24.1. The number of carboxylic acids is 1. The first-order valence-electron chi connectivity index (χ1n) is 6.36. The molecule has 0 bridgehead atoms. The highest BCUT2D eigenvalue weighted by Crippen LogP contribution is 2.29. The van der Waals surface area contributed by atoms with Crippen molar-refractivity contribution in [3.8, 4) is 11.5 Å². The van der Waals surface area contributed by atoms with Gasteiger partial charge in [0.25, 0.3) is 0 Å². The maximum Gasteiger partial charge on any atom is 0.321 e. The summed E-state index contributed by atoms with van der Waals surface area (Å²) < 4.78 is 10.3. The lowest BCUT2D eigenvalue weighted by Gasteiger charge is -2.21. The molecule has 0 aliphatic heterocycles. The highest BCUT2D eigenvalue weighted by atomic mass is 16.5. The average Bonchev–Trinajstić information content (AvgIpc) is 2.47. The third-order valence-corrected chi connectivity index (χ3v) is 2.97. The SMILES string of the molecule is COc1ccc(NC(=O)N(C)CC(C)C(=O)O)c(OC)c1. The van der Waals surface area contributed by atoms with Crippen molar-refractivity contribution in [3.63, 3.8) is 0 Å². The summed E-state index contributed by atoms with van der Waals surface area (Å²) in [5, 5.41) is 11.5. The van der Waals surface area contributed by atoms with Gasteiger partial charge in [-0.1, -0.05) is 6.92 Å². The highest BCUT2D eigenvalue weighted by Gasteiger charge is 2.18. The number of hydrogen-bond donors (Lipinski definition) is 2. The number of nitrogens with zero attached hydrogens (tertiary/aromatic N) is 1. The summed E-state index contributed by atoms with van der Waals surface area (Å²) in [5.41, 5.74) is 0.484. The molecule has 0 heterocycles. The molecule has 0 aliphatic carbocycles. The smallest absolute Gasteiger partial charge is 0.321 e. The minimum Gasteiger partial charge on any atom is -0.497 e. The second kappa shape index (κ2) is 7.37. The van der Waals surface area contributed by atoms with E-state index >= 15 is 0 Å². The Morgan fingerprint density at radius 1 is 1.33 bits per heavy atom. The van der Waals surface area contributed by atoms with Crippen LogP contribution < -0.4 is 14.8 Å². The van der Waals surface area contributed by atoms with E-state index in [0.29, 0.717) is 17.2 Å². The lowest BCUT2D eigenvalue weighted by molar-refractivity contribution is -0.141. The first kappa shape index (κ1) is 16.6. The predicted molar refractivity (Wildman–Crippen MR) is 78.0 cm³/mol. The number of aliphatic carboxylic acids is 1. The standard InChI is InChI=1S/C14H20N2O5/c1-9(13(17)18)8-16(2)14(19)15-11-6-5-10(20-3)7-12(11)21-4/h5-7,9H,8H2,1-4H3,(H,15,19)(H,17,18). The van der Waals surface area contributed by atoms with Gasteiger partial charge in [-0.2, -0.15) is 0 Å². The van der Waals surface area contributed by atoms with Crippen LogP contribution in [-0.4, -0.2) is 49.8 Å². The van der Waals surface area contributed by atoms with Crippen molar-refractivity contribution in [2.45, 2.75) is 6.92 Å². The number of carbonyl (C=O) groups excluding carboxylic acids is 1. The summed E-state index contributed by atoms with van der Waals surface area (Å²) in [6, 6.07) is 4.59. The molecule has 7 heteroatoms. The van der Waals surface area contributed by atoms with Gasteiger partial charge in [0, 0.05) is 19.7 Å². The van der Waals surface area contributed by atoms with Crippen LogP contribution in [-0.2, 0) is 4.79 Å². The van der Waals surface area contributed by atoms with Crippen molar-refractivity contribution in [2.75, 3.05) is 33.1 Å². The molecular weight excluding hydrogens is 276 g/mol. The zero-order valence-corrected chi connectivity index (χ0v) is 12.5. The number of ether oxygens (including phenoxy) is 2. The maximum atomic E-state index is 12.0. The normalized spacial score (nSPS) is 11.4. The molecule has 1 aromatic rings. The minimum absolute atomic E-state index is 0.111. The van der Waals surface area contributed by atoms with Crippen LogP contribution in [0.5, 0.6) is 11.5 Å². The molecule has 0 aliphatic rings. The van der Waals surface area contributed by atoms with Gasteiger partial charge < -0.3 is 24.8 Å². The largest absolute Gasteiger partial charge is 0.497 e. The maximum absolute atomic E-state index is 12.0. The summed E-state index contributed by atoms with van der Waals surface area (Å²) in [5.74, 6) is -0.518. The van der Waals surface area contributed by atoms with Crippen molar-refractivity contribution >= 4 is 17.7 Å². The number of hydrogen-bond acceptors (Lipinski definition) is 4. The van der Waals surface area contributed by atoms with E-state index in [1.807, 2.05) is 0 Å². The summed E-state index contributed by atoms with van der Waals surface area (Å²) in [7, 11) is 4.56. The molecule has 116 valence electrons. The van der Waals surface area contributed by atoms with Crippen molar-refractivity contribution in [2.24, 2.45) is 5.92 Å². The van der Waals surface area contributed by atoms with Gasteiger partial charge in [0.2, 0.25) is 0 Å². The highest BCUT2D eigenvalue weighted by molar-refractivity contribution is 5.91. The van der Waals surface area contributed by atoms with E-state index in [-0.39, 0.29) is 6.54 Å². The fraction of sp³-hybridized carbons (Fsp3) is 0.429. The fourth-order valence-electron chi connectivity index (χ4n) is 1.68. The van der Waals surface area contributed by atoms with Gasteiger partial charge in [-0.05, 0) is 12.1 Å². The summed E-state index contributed by atoms with van der Waals surface area (Å²) in [6.07, 6.45) is 0. The van der Waals surface area contributed by atoms with Gasteiger partial charge in [-0.15, -0.1) is 0 Å². The van der Waals surface area contributed by atoms with Crippen molar-refractivity contribution in [3.05, 3.63) is 18.2 Å². The molecule has 0 saturated carbocycles. The number of rotatable bonds is 6. The molecule has 7 nitrogen and oxygen atoms in total. The molecule has 21 heavy (non-hydrogen) atoms. The minimum atomic E-state index is -0.948. The average molecular weight is 296 g/mol. The Kier molecular flexibility index (Phi) is 5.83. The molecule has 1 rings (SSSR count). The quantitative estimate of drug-likeness (QED) is 0.837. The van der Waals surface area contributed by atoms with Gasteiger partial charge in [0.05, 0.1) is 25.8 Å². The van der Waals surface area contributed by atoms with Crippen molar-refractivity contribution in [1.29, 1.82) is 0 Å². The molecule has 2 amide bonds. The Labute approximate surface area is 123 Å². The lowest BCUT2D eigenvalue weighted by Crippen LogP contribution is -2.36. The predicted octanol–water partition coefficient (Wildman–Crippen LogP) is 1.89. The molecule has 1 atom stereocenters. The molecule has 0 fully saturated rings. The molecule has 2 N–H and O–H groups in total. The molecular formula is C14H20N2O5. The lowest BCUT2D eigenvalue weighted by atomic mass is 10.2. The van der Waals surface area contributed by atoms with Gasteiger partial charge in [-0.3, -0.25) is 4.79 Å². The summed E-state index contributed by atoms with van der Waals surface area (Å²) in [6.45, 7) is 1.65. The molecule has 0 aromatic heterocycles. The topological polar surface area (TPSA) is 88.1 Å². The van der Waals surface area contributed by atoms with E-state index in [1.165, 1.54) is 26.2 Å². The Bertz CT molecular complexity index is 518. The number of anilines is 1. The summed E-state index contributed by atoms with van der Waals surface area (Å²) >= 11 is 0. The van der Waals surface area contributed by atoms with E-state index in [9.17, 15) is 9.59 Å². The Hall–Kier alpha value is -2.44. The molecule has 0 saturated heterocycles.